The van der Waals surface area contributed by atoms with Crippen LogP contribution in [0.2, 0.25) is 0 Å². The van der Waals surface area contributed by atoms with Crippen LogP contribution in [-0.4, -0.2) is 21.6 Å². The summed E-state index contributed by atoms with van der Waals surface area (Å²) in [5.74, 6) is 0.770. The zero-order chi connectivity index (χ0) is 15.6. The van der Waals surface area contributed by atoms with Crippen LogP contribution in [0.1, 0.15) is 5.56 Å². The molecule has 22 heavy (non-hydrogen) atoms. The zero-order valence-corrected chi connectivity index (χ0v) is 12.4. The Kier molecular flexibility index (Phi) is 4.00. The van der Waals surface area contributed by atoms with Crippen molar-refractivity contribution < 1.29 is 22.3 Å². The summed E-state index contributed by atoms with van der Waals surface area (Å²) in [6.45, 7) is 1.08. The lowest BCUT2D eigenvalue weighted by molar-refractivity contribution is 0.171. The number of rotatable bonds is 4. The van der Waals surface area contributed by atoms with Crippen molar-refractivity contribution >= 4 is 10.0 Å². The van der Waals surface area contributed by atoms with Gasteiger partial charge >= 0.3 is 0 Å². The molecule has 0 radical (unpaired) electrons. The summed E-state index contributed by atoms with van der Waals surface area (Å²) in [6.07, 6.45) is 0. The fourth-order valence-electron chi connectivity index (χ4n) is 2.07. The van der Waals surface area contributed by atoms with E-state index in [0.29, 0.717) is 24.7 Å². The van der Waals surface area contributed by atoms with Gasteiger partial charge in [0.1, 0.15) is 19.0 Å². The Hall–Kier alpha value is -2.12. The van der Waals surface area contributed by atoms with Gasteiger partial charge in [0.2, 0.25) is 10.0 Å². The zero-order valence-electron chi connectivity index (χ0n) is 11.6. The van der Waals surface area contributed by atoms with Crippen LogP contribution in [0.3, 0.4) is 0 Å². The van der Waals surface area contributed by atoms with Gasteiger partial charge < -0.3 is 9.47 Å². The summed E-state index contributed by atoms with van der Waals surface area (Å²) in [5.41, 5.74) is 0.745. The largest absolute Gasteiger partial charge is 0.486 e. The first-order chi connectivity index (χ1) is 10.5. The quantitative estimate of drug-likeness (QED) is 0.935. The minimum atomic E-state index is -3.69. The van der Waals surface area contributed by atoms with E-state index in [2.05, 4.69) is 4.72 Å². The smallest absolute Gasteiger partial charge is 0.240 e. The van der Waals surface area contributed by atoms with Crippen LogP contribution in [0, 0.1) is 5.82 Å². The van der Waals surface area contributed by atoms with E-state index in [4.69, 9.17) is 9.47 Å². The Labute approximate surface area is 127 Å². The van der Waals surface area contributed by atoms with Gasteiger partial charge in [-0.3, -0.25) is 0 Å². The van der Waals surface area contributed by atoms with E-state index in [9.17, 15) is 12.8 Å². The Bertz CT molecular complexity index is 775. The highest BCUT2D eigenvalue weighted by Crippen LogP contribution is 2.30. The molecule has 1 aliphatic heterocycles. The first-order valence-corrected chi connectivity index (χ1v) is 8.17. The third-order valence-corrected chi connectivity index (χ3v) is 4.61. The molecule has 116 valence electrons. The first-order valence-electron chi connectivity index (χ1n) is 6.68. The van der Waals surface area contributed by atoms with Gasteiger partial charge in [-0.1, -0.05) is 6.07 Å². The van der Waals surface area contributed by atoms with Crippen molar-refractivity contribution in [3.05, 3.63) is 53.8 Å². The fraction of sp³-hybridized carbons (Fsp3) is 0.200. The monoisotopic (exact) mass is 323 g/mol. The molecule has 0 aromatic heterocycles. The van der Waals surface area contributed by atoms with Crippen LogP contribution in [0.5, 0.6) is 11.5 Å². The average Bonchev–Trinajstić information content (AvgIpc) is 2.53. The predicted octanol–water partition coefficient (Wildman–Crippen LogP) is 2.08. The Morgan fingerprint density at radius 3 is 2.41 bits per heavy atom. The van der Waals surface area contributed by atoms with Crippen molar-refractivity contribution in [2.24, 2.45) is 0 Å². The normalized spacial score (nSPS) is 13.9. The van der Waals surface area contributed by atoms with Crippen molar-refractivity contribution in [3.8, 4) is 11.5 Å². The highest BCUT2D eigenvalue weighted by atomic mass is 32.2. The molecule has 1 aliphatic rings. The Balaban J connectivity index is 1.73. The van der Waals surface area contributed by atoms with Crippen molar-refractivity contribution in [2.45, 2.75) is 11.4 Å². The number of sulfonamides is 1. The third kappa shape index (κ3) is 3.20. The standard InChI is InChI=1S/C15H14FNO4S/c16-12-2-4-13(5-3-12)22(18,19)17-10-11-1-6-14-15(9-11)21-8-7-20-14/h1-6,9,17H,7-8,10H2. The van der Waals surface area contributed by atoms with E-state index in [1.165, 1.54) is 12.1 Å². The lowest BCUT2D eigenvalue weighted by atomic mass is 10.2. The SMILES string of the molecule is O=S(=O)(NCc1ccc2c(c1)OCCO2)c1ccc(F)cc1. The van der Waals surface area contributed by atoms with Gasteiger partial charge in [0.25, 0.3) is 0 Å². The van der Waals surface area contributed by atoms with E-state index in [1.807, 2.05) is 0 Å². The van der Waals surface area contributed by atoms with Gasteiger partial charge in [-0.2, -0.15) is 0 Å². The van der Waals surface area contributed by atoms with Crippen LogP contribution in [0.4, 0.5) is 4.39 Å². The maximum Gasteiger partial charge on any atom is 0.240 e. The van der Waals surface area contributed by atoms with Gasteiger partial charge in [-0.25, -0.2) is 17.5 Å². The molecule has 1 heterocycles. The van der Waals surface area contributed by atoms with E-state index >= 15 is 0 Å². The summed E-state index contributed by atoms with van der Waals surface area (Å²) in [6, 6.07) is 9.92. The number of hydrogen-bond acceptors (Lipinski definition) is 4. The molecule has 0 spiro atoms. The fourth-order valence-corrected chi connectivity index (χ4v) is 3.09. The van der Waals surface area contributed by atoms with Gasteiger partial charge in [0.15, 0.2) is 11.5 Å². The molecule has 0 fully saturated rings. The van der Waals surface area contributed by atoms with Crippen LogP contribution in [0.15, 0.2) is 47.4 Å². The molecule has 0 amide bonds. The summed E-state index contributed by atoms with van der Waals surface area (Å²) in [5, 5.41) is 0. The van der Waals surface area contributed by atoms with Gasteiger partial charge in [0, 0.05) is 6.54 Å². The van der Waals surface area contributed by atoms with Crippen LogP contribution in [-0.2, 0) is 16.6 Å². The molecule has 7 heteroatoms. The molecule has 0 atom stereocenters. The highest BCUT2D eigenvalue weighted by Gasteiger charge is 2.15. The maximum absolute atomic E-state index is 12.8. The number of ether oxygens (including phenoxy) is 2. The summed E-state index contributed by atoms with van der Waals surface area (Å²) in [4.78, 5) is 0.0199. The molecule has 0 bridgehead atoms. The first kappa shape index (κ1) is 14.8. The molecule has 3 rings (SSSR count). The van der Waals surface area contributed by atoms with Gasteiger partial charge in [0.05, 0.1) is 4.90 Å². The predicted molar refractivity (Wildman–Crippen MR) is 77.9 cm³/mol. The minimum Gasteiger partial charge on any atom is -0.486 e. The van der Waals surface area contributed by atoms with E-state index < -0.39 is 15.8 Å². The van der Waals surface area contributed by atoms with Crippen molar-refractivity contribution in [2.75, 3.05) is 13.2 Å². The molecule has 0 saturated heterocycles. The second-order valence-electron chi connectivity index (χ2n) is 4.76. The maximum atomic E-state index is 12.8. The third-order valence-electron chi connectivity index (χ3n) is 3.20. The summed E-state index contributed by atoms with van der Waals surface area (Å²) in [7, 11) is -3.69. The van der Waals surface area contributed by atoms with Crippen molar-refractivity contribution in [3.63, 3.8) is 0 Å². The number of nitrogens with one attached hydrogen (secondary N) is 1. The van der Waals surface area contributed by atoms with E-state index in [1.54, 1.807) is 18.2 Å². The lowest BCUT2D eigenvalue weighted by Crippen LogP contribution is -2.23. The van der Waals surface area contributed by atoms with Crippen molar-refractivity contribution in [1.82, 2.24) is 4.72 Å². The van der Waals surface area contributed by atoms with E-state index in [-0.39, 0.29) is 11.4 Å². The highest BCUT2D eigenvalue weighted by molar-refractivity contribution is 7.89. The van der Waals surface area contributed by atoms with Crippen molar-refractivity contribution in [1.29, 1.82) is 0 Å². The van der Waals surface area contributed by atoms with E-state index in [0.717, 1.165) is 17.7 Å². The number of fused-ring (bicyclic) bond motifs is 1. The molecule has 2 aromatic rings. The second kappa shape index (κ2) is 5.94. The molecular formula is C15H14FNO4S. The molecule has 1 N–H and O–H groups in total. The molecule has 0 unspecified atom stereocenters. The molecule has 2 aromatic carbocycles. The minimum absolute atomic E-state index is 0.0199. The number of halogens is 1. The van der Waals surface area contributed by atoms with Crippen LogP contribution in [0.25, 0.3) is 0 Å². The summed E-state index contributed by atoms with van der Waals surface area (Å²) >= 11 is 0. The molecular weight excluding hydrogens is 309 g/mol. The number of hydrogen-bond donors (Lipinski definition) is 1. The van der Waals surface area contributed by atoms with Crippen LogP contribution >= 0.6 is 0 Å². The second-order valence-corrected chi connectivity index (χ2v) is 6.52. The Morgan fingerprint density at radius 1 is 1.00 bits per heavy atom. The molecule has 0 saturated carbocycles. The Morgan fingerprint density at radius 2 is 1.68 bits per heavy atom. The lowest BCUT2D eigenvalue weighted by Gasteiger charge is -2.19. The average molecular weight is 323 g/mol. The number of benzene rings is 2. The summed E-state index contributed by atoms with van der Waals surface area (Å²) < 4.78 is 50.4. The van der Waals surface area contributed by atoms with Crippen LogP contribution < -0.4 is 14.2 Å². The van der Waals surface area contributed by atoms with Gasteiger partial charge in [-0.15, -0.1) is 0 Å². The topological polar surface area (TPSA) is 64.6 Å². The van der Waals surface area contributed by atoms with Gasteiger partial charge in [-0.05, 0) is 42.0 Å². The molecule has 5 nitrogen and oxygen atoms in total. The molecule has 0 aliphatic carbocycles.